The zero-order valence-corrected chi connectivity index (χ0v) is 16.0. The van der Waals surface area contributed by atoms with Crippen molar-refractivity contribution in [3.63, 3.8) is 0 Å². The van der Waals surface area contributed by atoms with Gasteiger partial charge in [0.2, 0.25) is 0 Å². The first-order chi connectivity index (χ1) is 12.5. The molecule has 1 heterocycles. The zero-order chi connectivity index (χ0) is 18.7. The van der Waals surface area contributed by atoms with Gasteiger partial charge in [-0.1, -0.05) is 23.2 Å². The van der Waals surface area contributed by atoms with Gasteiger partial charge in [0, 0.05) is 36.0 Å². The average molecular weight is 409 g/mol. The highest BCUT2D eigenvalue weighted by Gasteiger charge is 2.08. The van der Waals surface area contributed by atoms with Gasteiger partial charge in [0.1, 0.15) is 5.58 Å². The lowest BCUT2D eigenvalue weighted by Gasteiger charge is -2.12. The van der Waals surface area contributed by atoms with Crippen LogP contribution in [0.5, 0.6) is 0 Å². The molecule has 0 saturated heterocycles. The highest BCUT2D eigenvalue weighted by Crippen LogP contribution is 2.25. The lowest BCUT2D eigenvalue weighted by Crippen LogP contribution is -2.19. The van der Waals surface area contributed by atoms with Gasteiger partial charge >= 0.3 is 5.63 Å². The van der Waals surface area contributed by atoms with Crippen LogP contribution in [-0.2, 0) is 11.3 Å². The maximum Gasteiger partial charge on any atom is 0.336 e. The van der Waals surface area contributed by atoms with Gasteiger partial charge in [0.25, 0.3) is 0 Å². The SMILES string of the molecule is COCc1cc(=O)oc2cc(NC(=S)Nc3ccc(Cl)c(Cl)c3)ccc12. The van der Waals surface area contributed by atoms with Crippen molar-refractivity contribution in [1.29, 1.82) is 0 Å². The number of hydrogen-bond donors (Lipinski definition) is 2. The molecule has 0 atom stereocenters. The Morgan fingerprint density at radius 3 is 2.46 bits per heavy atom. The molecule has 0 bridgehead atoms. The van der Waals surface area contributed by atoms with E-state index in [1.165, 1.54) is 6.07 Å². The molecule has 0 radical (unpaired) electrons. The fourth-order valence-corrected chi connectivity index (χ4v) is 2.98. The number of benzene rings is 2. The van der Waals surface area contributed by atoms with E-state index in [-0.39, 0.29) is 0 Å². The Morgan fingerprint density at radius 1 is 1.08 bits per heavy atom. The summed E-state index contributed by atoms with van der Waals surface area (Å²) in [6.45, 7) is 0.326. The molecule has 8 heteroatoms. The van der Waals surface area contributed by atoms with Gasteiger partial charge in [0.15, 0.2) is 5.11 Å². The van der Waals surface area contributed by atoms with E-state index in [2.05, 4.69) is 10.6 Å². The van der Waals surface area contributed by atoms with E-state index in [0.29, 0.717) is 38.7 Å². The normalized spacial score (nSPS) is 10.7. The fourth-order valence-electron chi connectivity index (χ4n) is 2.45. The third-order valence-electron chi connectivity index (χ3n) is 3.57. The predicted molar refractivity (Wildman–Crippen MR) is 110 cm³/mol. The van der Waals surface area contributed by atoms with Crippen LogP contribution >= 0.6 is 35.4 Å². The number of methoxy groups -OCH3 is 1. The second-order valence-corrected chi connectivity index (χ2v) is 6.67. The number of ether oxygens (including phenoxy) is 1. The Hall–Kier alpha value is -2.12. The monoisotopic (exact) mass is 408 g/mol. The van der Waals surface area contributed by atoms with Gasteiger partial charge in [-0.05, 0) is 48.1 Å². The van der Waals surface area contributed by atoms with Crippen molar-refractivity contribution in [2.45, 2.75) is 6.61 Å². The molecule has 0 aliphatic heterocycles. The first kappa shape index (κ1) is 18.7. The summed E-state index contributed by atoms with van der Waals surface area (Å²) in [6, 6.07) is 11.9. The second kappa shape index (κ2) is 8.05. The summed E-state index contributed by atoms with van der Waals surface area (Å²) in [5.74, 6) is 0. The largest absolute Gasteiger partial charge is 0.423 e. The number of halogens is 2. The topological polar surface area (TPSA) is 63.5 Å². The number of fused-ring (bicyclic) bond motifs is 1. The van der Waals surface area contributed by atoms with Crippen molar-refractivity contribution in [1.82, 2.24) is 0 Å². The minimum absolute atomic E-state index is 0.326. The summed E-state index contributed by atoms with van der Waals surface area (Å²) in [5, 5.41) is 8.11. The minimum atomic E-state index is -0.432. The lowest BCUT2D eigenvalue weighted by atomic mass is 10.1. The molecule has 3 aromatic rings. The summed E-state index contributed by atoms with van der Waals surface area (Å²) in [4.78, 5) is 11.7. The number of rotatable bonds is 4. The van der Waals surface area contributed by atoms with Gasteiger partial charge in [-0.25, -0.2) is 4.79 Å². The van der Waals surface area contributed by atoms with Crippen LogP contribution in [0, 0.1) is 0 Å². The van der Waals surface area contributed by atoms with Crippen molar-refractivity contribution in [3.8, 4) is 0 Å². The molecule has 1 aromatic heterocycles. The average Bonchev–Trinajstić information content (AvgIpc) is 2.58. The number of nitrogens with one attached hydrogen (secondary N) is 2. The van der Waals surface area contributed by atoms with E-state index >= 15 is 0 Å². The fraction of sp³-hybridized carbons (Fsp3) is 0.111. The van der Waals surface area contributed by atoms with Crippen molar-refractivity contribution < 1.29 is 9.15 Å². The molecule has 0 aliphatic rings. The first-order valence-electron chi connectivity index (χ1n) is 7.55. The van der Waals surface area contributed by atoms with Crippen LogP contribution in [0.2, 0.25) is 10.0 Å². The smallest absolute Gasteiger partial charge is 0.336 e. The molecule has 0 saturated carbocycles. The molecule has 0 fully saturated rings. The molecule has 0 amide bonds. The molecule has 26 heavy (non-hydrogen) atoms. The molecule has 2 aromatic carbocycles. The number of anilines is 2. The zero-order valence-electron chi connectivity index (χ0n) is 13.6. The Morgan fingerprint density at radius 2 is 1.77 bits per heavy atom. The van der Waals surface area contributed by atoms with Crippen LogP contribution in [-0.4, -0.2) is 12.2 Å². The van der Waals surface area contributed by atoms with Crippen molar-refractivity contribution in [2.75, 3.05) is 17.7 Å². The Kier molecular flexibility index (Phi) is 5.78. The van der Waals surface area contributed by atoms with Crippen LogP contribution in [0.1, 0.15) is 5.56 Å². The Balaban J connectivity index is 1.81. The minimum Gasteiger partial charge on any atom is -0.423 e. The third-order valence-corrected chi connectivity index (χ3v) is 4.51. The predicted octanol–water partition coefficient (Wildman–Crippen LogP) is 5.06. The Bertz CT molecular complexity index is 1040. The molecular weight excluding hydrogens is 395 g/mol. The number of hydrogen-bond acceptors (Lipinski definition) is 4. The van der Waals surface area contributed by atoms with Crippen LogP contribution in [0.15, 0.2) is 51.7 Å². The van der Waals surface area contributed by atoms with Crippen LogP contribution in [0.25, 0.3) is 11.0 Å². The van der Waals surface area contributed by atoms with E-state index < -0.39 is 5.63 Å². The molecule has 0 aliphatic carbocycles. The molecule has 2 N–H and O–H groups in total. The maximum absolute atomic E-state index is 11.7. The molecule has 3 rings (SSSR count). The van der Waals surface area contributed by atoms with Crippen LogP contribution in [0.4, 0.5) is 11.4 Å². The molecule has 0 spiro atoms. The summed E-state index contributed by atoms with van der Waals surface area (Å²) >= 11 is 17.2. The van der Waals surface area contributed by atoms with Gasteiger partial charge in [-0.15, -0.1) is 0 Å². The maximum atomic E-state index is 11.7. The lowest BCUT2D eigenvalue weighted by molar-refractivity contribution is 0.185. The molecule has 5 nitrogen and oxygen atoms in total. The first-order valence-corrected chi connectivity index (χ1v) is 8.71. The Labute approximate surface area is 164 Å². The number of thiocarbonyl (C=S) groups is 1. The summed E-state index contributed by atoms with van der Waals surface area (Å²) in [7, 11) is 1.57. The van der Waals surface area contributed by atoms with Crippen LogP contribution < -0.4 is 16.3 Å². The van der Waals surface area contributed by atoms with Crippen molar-refractivity contribution in [2.24, 2.45) is 0 Å². The third kappa shape index (κ3) is 4.34. The van der Waals surface area contributed by atoms with Gasteiger partial charge in [-0.2, -0.15) is 0 Å². The highest BCUT2D eigenvalue weighted by molar-refractivity contribution is 7.80. The standard InChI is InChI=1S/C18H14Cl2N2O3S/c1-24-9-10-6-17(23)25-16-8-12(2-4-13(10)16)22-18(26)21-11-3-5-14(19)15(20)7-11/h2-8H,9H2,1H3,(H2,21,22,26). The van der Waals surface area contributed by atoms with Crippen molar-refractivity contribution in [3.05, 3.63) is 68.5 Å². The summed E-state index contributed by atoms with van der Waals surface area (Å²) in [5.41, 5.74) is 2.16. The quantitative estimate of drug-likeness (QED) is 0.464. The van der Waals surface area contributed by atoms with E-state index in [4.69, 9.17) is 44.6 Å². The van der Waals surface area contributed by atoms with Crippen LogP contribution in [0.3, 0.4) is 0 Å². The molecule has 0 unspecified atom stereocenters. The second-order valence-electron chi connectivity index (χ2n) is 5.44. The van der Waals surface area contributed by atoms with E-state index in [1.807, 2.05) is 12.1 Å². The molecular formula is C18H14Cl2N2O3S. The van der Waals surface area contributed by atoms with E-state index in [1.54, 1.807) is 31.4 Å². The van der Waals surface area contributed by atoms with Gasteiger partial charge in [0.05, 0.1) is 16.7 Å². The van der Waals surface area contributed by atoms with E-state index in [9.17, 15) is 4.79 Å². The van der Waals surface area contributed by atoms with E-state index in [0.717, 1.165) is 10.9 Å². The molecule has 134 valence electrons. The van der Waals surface area contributed by atoms with Crippen molar-refractivity contribution >= 4 is 62.9 Å². The van der Waals surface area contributed by atoms with Gasteiger partial charge in [-0.3, -0.25) is 0 Å². The highest BCUT2D eigenvalue weighted by atomic mass is 35.5. The summed E-state index contributed by atoms with van der Waals surface area (Å²) < 4.78 is 10.4. The summed E-state index contributed by atoms with van der Waals surface area (Å²) in [6.07, 6.45) is 0. The van der Waals surface area contributed by atoms with Gasteiger partial charge < -0.3 is 19.8 Å².